The molecule has 0 aromatic carbocycles. The second-order valence-corrected chi connectivity index (χ2v) is 21.1. The Morgan fingerprint density at radius 1 is 0.892 bits per heavy atom. The number of carbonyl (C=O) groups excluding carboxylic acids is 7. The molecule has 416 valence electrons. The zero-order valence-electron chi connectivity index (χ0n) is 45.2. The van der Waals surface area contributed by atoms with E-state index in [1.807, 2.05) is 19.9 Å². The number of rotatable bonds is 8. The Labute approximate surface area is 435 Å². The highest BCUT2D eigenvalue weighted by atomic mass is 16.9. The largest absolute Gasteiger partial charge is 0.460 e. The van der Waals surface area contributed by atoms with Crippen molar-refractivity contribution in [2.45, 2.75) is 174 Å². The number of methoxy groups -OCH3 is 3. The number of Topliss-reactive ketones (excluding diaryl/α,β-unsaturated/α-hetero) is 3. The molecular weight excluding hydrogens is 963 g/mol. The number of cyclic esters (lactones) is 1. The van der Waals surface area contributed by atoms with Gasteiger partial charge in [0.1, 0.15) is 30.1 Å². The first-order valence-corrected chi connectivity index (χ1v) is 26.0. The normalized spacial score (nSPS) is 36.8. The SMILES string of the molecule is COC(=O)N(O)[C@H]1C[C@@H]2CC[C@@H](C)[C@@](O)(O2)C(=O)C(=O)N2CCCC[C@H]2C(=O)O[C@H]([C@H](C)C[C@@H]2CC[C@@H](C(=O)ON(C)O)[C@H](OC)C2)CC(=O)[C@H](C)/C=C(\C)[C@@H](O)[C@@H](OC)C(=O)[C@H](C)C[C@H](C)\C=C/C=C/C=C/1C. The van der Waals surface area contributed by atoms with E-state index >= 15 is 0 Å². The van der Waals surface area contributed by atoms with Crippen molar-refractivity contribution in [3.63, 3.8) is 0 Å². The maximum atomic E-state index is 14.5. The van der Waals surface area contributed by atoms with Gasteiger partial charge in [0.05, 0.1) is 38.3 Å². The summed E-state index contributed by atoms with van der Waals surface area (Å²) in [5, 5.41) is 44.9. The number of hydrogen-bond donors (Lipinski definition) is 4. The molecule has 1 saturated carbocycles. The lowest BCUT2D eigenvalue weighted by atomic mass is 9.75. The number of ketones is 3. The highest BCUT2D eigenvalue weighted by Gasteiger charge is 2.53. The molecule has 0 spiro atoms. The highest BCUT2D eigenvalue weighted by Crippen LogP contribution is 2.39. The molecule has 74 heavy (non-hydrogen) atoms. The van der Waals surface area contributed by atoms with E-state index in [2.05, 4.69) is 0 Å². The average Bonchev–Trinajstić information content (AvgIpc) is 3.36. The van der Waals surface area contributed by atoms with Crippen LogP contribution in [0.4, 0.5) is 4.79 Å². The van der Waals surface area contributed by atoms with E-state index in [9.17, 15) is 54.2 Å². The summed E-state index contributed by atoms with van der Waals surface area (Å²) < 4.78 is 28.5. The molecule has 4 rings (SSSR count). The highest BCUT2D eigenvalue weighted by molar-refractivity contribution is 6.39. The van der Waals surface area contributed by atoms with E-state index in [0.717, 1.165) is 12.0 Å². The first-order valence-electron chi connectivity index (χ1n) is 26.0. The number of aliphatic hydroxyl groups is 2. The maximum Gasteiger partial charge on any atom is 0.434 e. The number of ether oxygens (including phenoxy) is 5. The fourth-order valence-electron chi connectivity index (χ4n) is 10.9. The number of fused-ring (bicyclic) bond motifs is 3. The molecule has 2 bridgehead atoms. The van der Waals surface area contributed by atoms with E-state index in [-0.39, 0.29) is 62.1 Å². The van der Waals surface area contributed by atoms with Crippen LogP contribution in [0.3, 0.4) is 0 Å². The summed E-state index contributed by atoms with van der Waals surface area (Å²) in [5.41, 5.74) is 0.807. The standard InChI is InChI=1S/C54H83N3O17/c1-31-17-13-12-14-18-32(2)42(57(68)53(65)71-11)29-39-22-20-37(7)54(66,73-39)49(61)50(62)56-24-16-15-19-41(56)52(64)72-44(34(4)27-38-21-23-40(45(28-38)69-9)51(63)74-55(8)67)30-43(58)33(3)26-36(6)47(60)48(70-10)46(59)35(5)25-31/h12-14,17-18,26,31,33-35,37-42,44-45,47-48,60,66-68H,15-16,19-25,27-30H2,1-11H3/b14-12+,17-13-,32-18+,36-26+/t31-,33-,34-,35-,37-,38+,39+,40-,41+,42+,44+,45-,47-,48+,54-/m1/s1. The molecule has 3 aliphatic heterocycles. The van der Waals surface area contributed by atoms with E-state index in [4.69, 9.17) is 28.5 Å². The second kappa shape index (κ2) is 28.5. The quantitative estimate of drug-likeness (QED) is 0.0711. The molecule has 4 aliphatic rings. The molecule has 2 saturated heterocycles. The predicted octanol–water partition coefficient (Wildman–Crippen LogP) is 6.03. The van der Waals surface area contributed by atoms with Gasteiger partial charge in [0.2, 0.25) is 5.79 Å². The van der Waals surface area contributed by atoms with Crippen LogP contribution in [0.2, 0.25) is 0 Å². The number of hydroxylamine groups is 4. The van der Waals surface area contributed by atoms with Gasteiger partial charge in [0.15, 0.2) is 5.78 Å². The molecule has 1 aliphatic carbocycles. The molecule has 0 radical (unpaired) electrons. The number of carbonyl (C=O) groups is 7. The second-order valence-electron chi connectivity index (χ2n) is 21.1. The minimum atomic E-state index is -2.64. The van der Waals surface area contributed by atoms with Crippen LogP contribution in [-0.4, -0.2) is 160 Å². The Morgan fingerprint density at radius 2 is 1.59 bits per heavy atom. The number of allylic oxidation sites excluding steroid dienone is 6. The van der Waals surface area contributed by atoms with E-state index in [1.54, 1.807) is 65.0 Å². The molecule has 20 nitrogen and oxygen atoms in total. The Morgan fingerprint density at radius 3 is 2.24 bits per heavy atom. The van der Waals surface area contributed by atoms with Crippen LogP contribution in [0.1, 0.15) is 126 Å². The number of piperidine rings is 1. The van der Waals surface area contributed by atoms with Crippen LogP contribution in [0.5, 0.6) is 0 Å². The molecule has 0 unspecified atom stereocenters. The minimum Gasteiger partial charge on any atom is -0.460 e. The van der Waals surface area contributed by atoms with Gasteiger partial charge >= 0.3 is 18.0 Å². The average molecular weight is 1050 g/mol. The smallest absolute Gasteiger partial charge is 0.434 e. The summed E-state index contributed by atoms with van der Waals surface area (Å²) in [5.74, 6) is -10.8. The van der Waals surface area contributed by atoms with Crippen LogP contribution in [0, 0.1) is 41.4 Å². The van der Waals surface area contributed by atoms with Crippen LogP contribution in [0.25, 0.3) is 0 Å². The summed E-state index contributed by atoms with van der Waals surface area (Å²) in [4.78, 5) is 103. The number of hydrogen-bond acceptors (Lipinski definition) is 18. The first-order chi connectivity index (χ1) is 34.9. The summed E-state index contributed by atoms with van der Waals surface area (Å²) in [7, 11) is 5.09. The number of nitrogens with zero attached hydrogens (tertiary/aromatic N) is 3. The lowest BCUT2D eigenvalue weighted by Crippen LogP contribution is -2.61. The molecule has 20 heteroatoms. The van der Waals surface area contributed by atoms with Crippen molar-refractivity contribution in [1.82, 2.24) is 15.2 Å². The summed E-state index contributed by atoms with van der Waals surface area (Å²) in [6, 6.07) is -2.33. The zero-order valence-corrected chi connectivity index (χ0v) is 45.2. The van der Waals surface area contributed by atoms with Gasteiger partial charge in [-0.05, 0) is 112 Å². The third-order valence-corrected chi connectivity index (χ3v) is 15.4. The monoisotopic (exact) mass is 1050 g/mol. The maximum absolute atomic E-state index is 14.5. The van der Waals surface area contributed by atoms with Gasteiger partial charge in [-0.15, -0.1) is 0 Å². The Hall–Kier alpha value is -4.67. The molecule has 2 amide bonds. The van der Waals surface area contributed by atoms with Crippen molar-refractivity contribution in [2.24, 2.45) is 41.4 Å². The van der Waals surface area contributed by atoms with E-state index < -0.39 is 108 Å². The van der Waals surface area contributed by atoms with Crippen molar-refractivity contribution in [3.8, 4) is 0 Å². The van der Waals surface area contributed by atoms with Crippen LogP contribution >= 0.6 is 0 Å². The Bertz CT molecular complexity index is 2090. The van der Waals surface area contributed by atoms with Crippen molar-refractivity contribution < 1.29 is 82.7 Å². The summed E-state index contributed by atoms with van der Waals surface area (Å²) in [6.07, 6.45) is 7.44. The third-order valence-electron chi connectivity index (χ3n) is 15.4. The fourth-order valence-corrected chi connectivity index (χ4v) is 10.9. The van der Waals surface area contributed by atoms with E-state index in [0.29, 0.717) is 66.4 Å². The minimum absolute atomic E-state index is 0.0208. The molecule has 0 aromatic rings. The first kappa shape index (κ1) is 61.9. The molecule has 3 heterocycles. The van der Waals surface area contributed by atoms with Crippen molar-refractivity contribution >= 4 is 41.3 Å². The fraction of sp³-hybridized carbons (Fsp3) is 0.722. The predicted molar refractivity (Wildman–Crippen MR) is 267 cm³/mol. The molecule has 4 N–H and O–H groups in total. The molecule has 3 fully saturated rings. The van der Waals surface area contributed by atoms with Crippen molar-refractivity contribution in [2.75, 3.05) is 34.9 Å². The van der Waals surface area contributed by atoms with Gasteiger partial charge in [-0.25, -0.2) is 14.4 Å². The Balaban J connectivity index is 1.74. The van der Waals surface area contributed by atoms with E-state index in [1.165, 1.54) is 21.3 Å². The van der Waals surface area contributed by atoms with Crippen molar-refractivity contribution in [3.05, 3.63) is 47.6 Å². The summed E-state index contributed by atoms with van der Waals surface area (Å²) >= 11 is 0. The summed E-state index contributed by atoms with van der Waals surface area (Å²) in [6.45, 7) is 12.0. The van der Waals surface area contributed by atoms with Crippen molar-refractivity contribution in [1.29, 1.82) is 0 Å². The van der Waals surface area contributed by atoms with Crippen LogP contribution < -0.4 is 0 Å². The molecule has 0 aromatic heterocycles. The third kappa shape index (κ3) is 16.2. The zero-order chi connectivity index (χ0) is 55.2. The number of amides is 2. The number of esters is 1. The van der Waals surface area contributed by atoms with Gasteiger partial charge < -0.3 is 43.6 Å². The number of aliphatic hydroxyl groups excluding tert-OH is 1. The topological polar surface area (TPSA) is 266 Å². The lowest BCUT2D eigenvalue weighted by Gasteiger charge is -2.43. The molecule has 15 atom stereocenters. The van der Waals surface area contributed by atoms with Gasteiger partial charge in [-0.2, -0.15) is 5.06 Å². The Kier molecular flexibility index (Phi) is 23.8. The lowest BCUT2D eigenvalue weighted by molar-refractivity contribution is -0.306. The molecular formula is C54H83N3O17. The van der Waals surface area contributed by atoms with Crippen LogP contribution in [-0.2, 0) is 57.3 Å². The van der Waals surface area contributed by atoms with Gasteiger partial charge in [-0.1, -0.05) is 71.1 Å². The van der Waals surface area contributed by atoms with Gasteiger partial charge in [-0.3, -0.25) is 29.6 Å². The van der Waals surface area contributed by atoms with Gasteiger partial charge in [0.25, 0.3) is 11.7 Å². The van der Waals surface area contributed by atoms with Gasteiger partial charge in [0, 0.05) is 51.4 Å². The van der Waals surface area contributed by atoms with Crippen LogP contribution in [0.15, 0.2) is 47.6 Å².